The summed E-state index contributed by atoms with van der Waals surface area (Å²) < 4.78 is 39.5. The molecule has 0 heterocycles. The molecule has 0 fully saturated rings. The quantitative estimate of drug-likeness (QED) is 0.685. The van der Waals surface area contributed by atoms with Crippen molar-refractivity contribution in [3.63, 3.8) is 0 Å². The zero-order chi connectivity index (χ0) is 9.07. The van der Waals surface area contributed by atoms with Crippen LogP contribution in [0, 0.1) is 0 Å². The third-order valence-corrected chi connectivity index (χ3v) is 1.03. The molecule has 0 rings (SSSR count). The van der Waals surface area contributed by atoms with Crippen molar-refractivity contribution in [2.45, 2.75) is 24.8 Å². The molecule has 0 amide bonds. The van der Waals surface area contributed by atoms with Gasteiger partial charge in [0.05, 0.1) is 12.7 Å². The summed E-state index contributed by atoms with van der Waals surface area (Å²) in [6, 6.07) is 0. The van der Waals surface area contributed by atoms with E-state index < -0.39 is 24.5 Å². The highest BCUT2D eigenvalue weighted by Gasteiger charge is 2.40. The highest BCUT2D eigenvalue weighted by molar-refractivity contribution is 6.20. The number of ether oxygens (including phenoxy) is 1. The van der Waals surface area contributed by atoms with Gasteiger partial charge in [-0.05, 0) is 6.92 Å². The summed E-state index contributed by atoms with van der Waals surface area (Å²) in [6.45, 7) is 0.581. The zero-order valence-electron chi connectivity index (χ0n) is 5.73. The second-order valence-corrected chi connectivity index (χ2v) is 2.41. The van der Waals surface area contributed by atoms with Gasteiger partial charge in [0.15, 0.2) is 0 Å². The van der Waals surface area contributed by atoms with Crippen LogP contribution in [0.4, 0.5) is 13.2 Å². The van der Waals surface area contributed by atoms with Gasteiger partial charge in [-0.2, -0.15) is 8.78 Å². The van der Waals surface area contributed by atoms with Crippen LogP contribution in [0.5, 0.6) is 0 Å². The van der Waals surface area contributed by atoms with Crippen LogP contribution in [0.3, 0.4) is 0 Å². The third-order valence-electron chi connectivity index (χ3n) is 0.771. The van der Waals surface area contributed by atoms with Gasteiger partial charge in [0.1, 0.15) is 0 Å². The third kappa shape index (κ3) is 4.44. The lowest BCUT2D eigenvalue weighted by molar-refractivity contribution is -0.264. The Morgan fingerprint density at radius 2 is 2.09 bits per heavy atom. The molecule has 68 valence electrons. The molecule has 0 saturated carbocycles. The molecule has 0 aliphatic rings. The molecule has 1 N–H and O–H groups in total. The van der Waals surface area contributed by atoms with E-state index in [1.54, 1.807) is 0 Å². The van der Waals surface area contributed by atoms with Crippen molar-refractivity contribution in [3.8, 4) is 0 Å². The monoisotopic (exact) mass is 192 g/mol. The van der Waals surface area contributed by atoms with Crippen molar-refractivity contribution in [2.24, 2.45) is 0 Å². The Balaban J connectivity index is 3.73. The SMILES string of the molecule is CC(O)COC(F)(F)C(F)Cl. The van der Waals surface area contributed by atoms with Crippen molar-refractivity contribution in [3.05, 3.63) is 0 Å². The van der Waals surface area contributed by atoms with Crippen LogP contribution < -0.4 is 0 Å². The summed E-state index contributed by atoms with van der Waals surface area (Å²) in [6.07, 6.45) is -5.10. The lowest BCUT2D eigenvalue weighted by atomic mass is 10.4. The maximum Gasteiger partial charge on any atom is 0.401 e. The first kappa shape index (κ1) is 11.0. The number of rotatable bonds is 4. The second kappa shape index (κ2) is 4.13. The van der Waals surface area contributed by atoms with E-state index in [1.165, 1.54) is 6.92 Å². The maximum absolute atomic E-state index is 12.1. The van der Waals surface area contributed by atoms with Gasteiger partial charge in [-0.3, -0.25) is 0 Å². The lowest BCUT2D eigenvalue weighted by Gasteiger charge is -2.17. The summed E-state index contributed by atoms with van der Waals surface area (Å²) in [5.41, 5.74) is -2.89. The van der Waals surface area contributed by atoms with Gasteiger partial charge in [-0.25, -0.2) is 4.39 Å². The summed E-state index contributed by atoms with van der Waals surface area (Å²) in [7, 11) is 0. The Bertz CT molecular complexity index is 118. The van der Waals surface area contributed by atoms with Crippen molar-refractivity contribution in [2.75, 3.05) is 6.61 Å². The van der Waals surface area contributed by atoms with Crippen LogP contribution in [-0.4, -0.2) is 29.6 Å². The van der Waals surface area contributed by atoms with Crippen molar-refractivity contribution < 1.29 is 23.0 Å². The van der Waals surface area contributed by atoms with Gasteiger partial charge in [0.2, 0.25) is 0 Å². The molecule has 6 heteroatoms. The molecule has 0 aliphatic carbocycles. The Hall–Kier alpha value is -0.0000000000000000555. The number of alkyl halides is 4. The second-order valence-electron chi connectivity index (χ2n) is 2.02. The van der Waals surface area contributed by atoms with Crippen molar-refractivity contribution in [1.29, 1.82) is 0 Å². The minimum Gasteiger partial charge on any atom is -0.391 e. The molecule has 2 atom stereocenters. The van der Waals surface area contributed by atoms with Gasteiger partial charge in [-0.15, -0.1) is 0 Å². The largest absolute Gasteiger partial charge is 0.401 e. The van der Waals surface area contributed by atoms with Crippen molar-refractivity contribution >= 4 is 11.6 Å². The van der Waals surface area contributed by atoms with E-state index in [9.17, 15) is 13.2 Å². The predicted molar refractivity (Wildman–Crippen MR) is 33.3 cm³/mol. The van der Waals surface area contributed by atoms with Crippen LogP contribution >= 0.6 is 11.6 Å². The van der Waals surface area contributed by atoms with Gasteiger partial charge in [0, 0.05) is 0 Å². The Morgan fingerprint density at radius 1 is 1.64 bits per heavy atom. The first-order chi connectivity index (χ1) is 4.86. The standard InChI is InChI=1S/C5H8ClF3O2/c1-3(10)2-11-5(8,9)4(6)7/h3-4,10H,2H2,1H3. The van der Waals surface area contributed by atoms with Crippen LogP contribution in [0.25, 0.3) is 0 Å². The van der Waals surface area contributed by atoms with E-state index in [-0.39, 0.29) is 0 Å². The first-order valence-electron chi connectivity index (χ1n) is 2.84. The molecule has 0 aromatic heterocycles. The topological polar surface area (TPSA) is 29.5 Å². The van der Waals surface area contributed by atoms with E-state index >= 15 is 0 Å². The van der Waals surface area contributed by atoms with Crippen LogP contribution in [-0.2, 0) is 4.74 Å². The summed E-state index contributed by atoms with van der Waals surface area (Å²) >= 11 is 4.43. The molecule has 0 spiro atoms. The van der Waals surface area contributed by atoms with Gasteiger partial charge in [0.25, 0.3) is 5.63 Å². The molecular formula is C5H8ClF3O2. The number of aliphatic hydroxyl groups is 1. The molecule has 0 saturated heterocycles. The van der Waals surface area contributed by atoms with Crippen LogP contribution in [0.2, 0.25) is 0 Å². The Labute approximate surface area is 66.9 Å². The zero-order valence-corrected chi connectivity index (χ0v) is 6.49. The minimum absolute atomic E-state index is 0.653. The number of hydrogen-bond acceptors (Lipinski definition) is 2. The molecule has 11 heavy (non-hydrogen) atoms. The van der Waals surface area contributed by atoms with E-state index in [4.69, 9.17) is 5.11 Å². The minimum atomic E-state index is -4.03. The molecular weight excluding hydrogens is 184 g/mol. The van der Waals surface area contributed by atoms with Gasteiger partial charge >= 0.3 is 6.11 Å². The highest BCUT2D eigenvalue weighted by Crippen LogP contribution is 2.25. The molecule has 0 radical (unpaired) electrons. The average molecular weight is 193 g/mol. The lowest BCUT2D eigenvalue weighted by Crippen LogP contribution is -2.32. The molecule has 2 nitrogen and oxygen atoms in total. The molecule has 2 unspecified atom stereocenters. The summed E-state index contributed by atoms with van der Waals surface area (Å²) in [5, 5.41) is 8.47. The number of halogens is 4. The summed E-state index contributed by atoms with van der Waals surface area (Å²) in [4.78, 5) is 0. The van der Waals surface area contributed by atoms with Gasteiger partial charge < -0.3 is 9.84 Å². The van der Waals surface area contributed by atoms with Crippen LogP contribution in [0.1, 0.15) is 6.92 Å². The van der Waals surface area contributed by atoms with E-state index in [0.29, 0.717) is 0 Å². The van der Waals surface area contributed by atoms with Crippen LogP contribution in [0.15, 0.2) is 0 Å². The molecule has 0 bridgehead atoms. The van der Waals surface area contributed by atoms with Crippen molar-refractivity contribution in [1.82, 2.24) is 0 Å². The fraction of sp³-hybridized carbons (Fsp3) is 1.00. The van der Waals surface area contributed by atoms with E-state index in [0.717, 1.165) is 0 Å². The maximum atomic E-state index is 12.1. The molecule has 0 aliphatic heterocycles. The average Bonchev–Trinajstić information content (AvgIpc) is 1.84. The Kier molecular flexibility index (Phi) is 4.13. The van der Waals surface area contributed by atoms with E-state index in [1.807, 2.05) is 0 Å². The first-order valence-corrected chi connectivity index (χ1v) is 3.28. The fourth-order valence-electron chi connectivity index (χ4n) is 0.295. The molecule has 0 aromatic rings. The van der Waals surface area contributed by atoms with Gasteiger partial charge in [-0.1, -0.05) is 11.6 Å². The predicted octanol–water partition coefficient (Wildman–Crippen LogP) is 1.51. The fourth-order valence-corrected chi connectivity index (χ4v) is 0.358. The normalized spacial score (nSPS) is 18.0. The highest BCUT2D eigenvalue weighted by atomic mass is 35.5. The molecule has 0 aromatic carbocycles. The summed E-state index contributed by atoms with van der Waals surface area (Å²) in [5.74, 6) is 0. The Morgan fingerprint density at radius 3 is 2.36 bits per heavy atom. The number of aliphatic hydroxyl groups excluding tert-OH is 1. The van der Waals surface area contributed by atoms with E-state index in [2.05, 4.69) is 16.3 Å². The smallest absolute Gasteiger partial charge is 0.391 e. The number of hydrogen-bond donors (Lipinski definition) is 1.